The maximum atomic E-state index is 5.86. The van der Waals surface area contributed by atoms with E-state index in [9.17, 15) is 0 Å². The molecule has 0 amide bonds. The van der Waals surface area contributed by atoms with E-state index in [4.69, 9.17) is 5.73 Å². The van der Waals surface area contributed by atoms with Crippen molar-refractivity contribution in [2.75, 3.05) is 31.2 Å². The van der Waals surface area contributed by atoms with E-state index >= 15 is 0 Å². The van der Waals surface area contributed by atoms with Gasteiger partial charge in [0.2, 0.25) is 0 Å². The number of rotatable bonds is 7. The molecule has 0 atom stereocenters. The highest BCUT2D eigenvalue weighted by molar-refractivity contribution is 9.10. The first kappa shape index (κ1) is 15.2. The second-order valence-corrected chi connectivity index (χ2v) is 5.65. The highest BCUT2D eigenvalue weighted by Crippen LogP contribution is 2.26. The summed E-state index contributed by atoms with van der Waals surface area (Å²) in [5.74, 6) is 0. The number of halogens is 1. The number of nitrogen functional groups attached to an aromatic ring is 1. The van der Waals surface area contributed by atoms with Crippen molar-refractivity contribution in [3.8, 4) is 0 Å². The summed E-state index contributed by atoms with van der Waals surface area (Å²) in [4.78, 5) is 6.37. The van der Waals surface area contributed by atoms with Crippen molar-refractivity contribution in [1.82, 2.24) is 9.88 Å². The van der Waals surface area contributed by atoms with Crippen LogP contribution in [0.15, 0.2) is 16.9 Å². The Bertz CT molecular complexity index is 348. The Balaban J connectivity index is 2.26. The summed E-state index contributed by atoms with van der Waals surface area (Å²) in [6.45, 7) is 6.49. The molecule has 18 heavy (non-hydrogen) atoms. The van der Waals surface area contributed by atoms with E-state index in [1.807, 2.05) is 0 Å². The van der Waals surface area contributed by atoms with E-state index < -0.39 is 0 Å². The van der Waals surface area contributed by atoms with Gasteiger partial charge in [-0.25, -0.2) is 0 Å². The standard InChI is InChI=1S/C13H23BrN4/c1-10(2)18(3)7-5-4-6-17-13-11(14)8-16-9-12(13)15/h8-10H,4-7,15H2,1-3H3,(H,16,17). The van der Waals surface area contributed by atoms with Gasteiger partial charge in [0.25, 0.3) is 0 Å². The number of nitrogens with one attached hydrogen (secondary N) is 1. The summed E-state index contributed by atoms with van der Waals surface area (Å²) in [6, 6.07) is 0.614. The van der Waals surface area contributed by atoms with Crippen molar-refractivity contribution in [2.45, 2.75) is 32.7 Å². The largest absolute Gasteiger partial charge is 0.396 e. The number of nitrogens with two attached hydrogens (primary N) is 1. The predicted molar refractivity (Wildman–Crippen MR) is 81.8 cm³/mol. The van der Waals surface area contributed by atoms with Crippen LogP contribution < -0.4 is 11.1 Å². The molecular weight excluding hydrogens is 292 g/mol. The van der Waals surface area contributed by atoms with E-state index in [1.54, 1.807) is 12.4 Å². The molecule has 1 aromatic heterocycles. The van der Waals surface area contributed by atoms with Crippen LogP contribution in [0.3, 0.4) is 0 Å². The molecular formula is C13H23BrN4. The van der Waals surface area contributed by atoms with Gasteiger partial charge in [-0.3, -0.25) is 4.98 Å². The Morgan fingerprint density at radius 2 is 2.11 bits per heavy atom. The van der Waals surface area contributed by atoms with E-state index in [1.165, 1.54) is 6.42 Å². The van der Waals surface area contributed by atoms with Crippen molar-refractivity contribution in [1.29, 1.82) is 0 Å². The van der Waals surface area contributed by atoms with Gasteiger partial charge in [0, 0.05) is 18.8 Å². The molecule has 0 radical (unpaired) electrons. The summed E-state index contributed by atoms with van der Waals surface area (Å²) < 4.78 is 0.918. The lowest BCUT2D eigenvalue weighted by Crippen LogP contribution is -2.27. The molecule has 4 nitrogen and oxygen atoms in total. The average Bonchev–Trinajstić information content (AvgIpc) is 2.31. The van der Waals surface area contributed by atoms with E-state index in [0.717, 1.165) is 29.7 Å². The average molecular weight is 315 g/mol. The third-order valence-electron chi connectivity index (χ3n) is 3.05. The number of pyridine rings is 1. The summed E-state index contributed by atoms with van der Waals surface area (Å²) in [6.07, 6.45) is 5.74. The van der Waals surface area contributed by atoms with Crippen molar-refractivity contribution >= 4 is 27.3 Å². The van der Waals surface area contributed by atoms with Crippen LogP contribution in [0.4, 0.5) is 11.4 Å². The molecule has 0 saturated carbocycles. The zero-order valence-electron chi connectivity index (χ0n) is 11.4. The van der Waals surface area contributed by atoms with Gasteiger partial charge in [0.05, 0.1) is 22.0 Å². The Morgan fingerprint density at radius 3 is 2.72 bits per heavy atom. The summed E-state index contributed by atoms with van der Waals surface area (Å²) >= 11 is 3.45. The van der Waals surface area contributed by atoms with Crippen LogP contribution >= 0.6 is 15.9 Å². The molecule has 5 heteroatoms. The van der Waals surface area contributed by atoms with Crippen LogP contribution in [-0.2, 0) is 0 Å². The molecule has 1 heterocycles. The molecule has 3 N–H and O–H groups in total. The molecule has 0 aliphatic heterocycles. The van der Waals surface area contributed by atoms with Gasteiger partial charge >= 0.3 is 0 Å². The lowest BCUT2D eigenvalue weighted by atomic mass is 10.2. The van der Waals surface area contributed by atoms with Crippen molar-refractivity contribution in [3.63, 3.8) is 0 Å². The normalized spacial score (nSPS) is 11.2. The lowest BCUT2D eigenvalue weighted by molar-refractivity contribution is 0.269. The molecule has 0 bridgehead atoms. The van der Waals surface area contributed by atoms with Gasteiger partial charge in [-0.05, 0) is 56.2 Å². The van der Waals surface area contributed by atoms with E-state index in [-0.39, 0.29) is 0 Å². The highest BCUT2D eigenvalue weighted by atomic mass is 79.9. The van der Waals surface area contributed by atoms with Gasteiger partial charge in [-0.2, -0.15) is 0 Å². The second kappa shape index (κ2) is 7.59. The zero-order valence-corrected chi connectivity index (χ0v) is 13.0. The maximum absolute atomic E-state index is 5.86. The number of aromatic nitrogens is 1. The van der Waals surface area contributed by atoms with Crippen LogP contribution in [-0.4, -0.2) is 36.1 Å². The van der Waals surface area contributed by atoms with E-state index in [0.29, 0.717) is 11.7 Å². The molecule has 0 aliphatic rings. The molecule has 0 aromatic carbocycles. The fourth-order valence-corrected chi connectivity index (χ4v) is 2.08. The van der Waals surface area contributed by atoms with Gasteiger partial charge in [-0.1, -0.05) is 0 Å². The first-order valence-corrected chi connectivity index (χ1v) is 7.14. The number of nitrogens with zero attached hydrogens (tertiary/aromatic N) is 2. The minimum Gasteiger partial charge on any atom is -0.396 e. The smallest absolute Gasteiger partial charge is 0.0750 e. The predicted octanol–water partition coefficient (Wildman–Crippen LogP) is 2.96. The topological polar surface area (TPSA) is 54.2 Å². The molecule has 1 rings (SSSR count). The van der Waals surface area contributed by atoms with Crippen LogP contribution in [0.2, 0.25) is 0 Å². The Kier molecular flexibility index (Phi) is 6.43. The number of hydrogen-bond donors (Lipinski definition) is 2. The van der Waals surface area contributed by atoms with Crippen molar-refractivity contribution in [2.24, 2.45) is 0 Å². The number of hydrogen-bond acceptors (Lipinski definition) is 4. The zero-order chi connectivity index (χ0) is 13.5. The number of unbranched alkanes of at least 4 members (excludes halogenated alkanes) is 1. The van der Waals surface area contributed by atoms with Gasteiger partial charge in [-0.15, -0.1) is 0 Å². The van der Waals surface area contributed by atoms with Gasteiger partial charge in [0.15, 0.2) is 0 Å². The molecule has 0 aliphatic carbocycles. The molecule has 0 unspecified atom stereocenters. The summed E-state index contributed by atoms with van der Waals surface area (Å²) in [7, 11) is 2.16. The monoisotopic (exact) mass is 314 g/mol. The second-order valence-electron chi connectivity index (χ2n) is 4.79. The van der Waals surface area contributed by atoms with Crippen LogP contribution in [0.25, 0.3) is 0 Å². The molecule has 102 valence electrons. The Morgan fingerprint density at radius 1 is 1.39 bits per heavy atom. The summed E-state index contributed by atoms with van der Waals surface area (Å²) in [5.41, 5.74) is 7.49. The van der Waals surface area contributed by atoms with Gasteiger partial charge < -0.3 is 16.0 Å². The van der Waals surface area contributed by atoms with Gasteiger partial charge in [0.1, 0.15) is 0 Å². The van der Waals surface area contributed by atoms with Crippen molar-refractivity contribution in [3.05, 3.63) is 16.9 Å². The minimum atomic E-state index is 0.614. The molecule has 1 aromatic rings. The first-order chi connectivity index (χ1) is 8.52. The Hall–Kier alpha value is -0.810. The first-order valence-electron chi connectivity index (χ1n) is 6.35. The van der Waals surface area contributed by atoms with E-state index in [2.05, 4.69) is 52.0 Å². The Labute approximate surface area is 118 Å². The molecule has 0 fully saturated rings. The van der Waals surface area contributed by atoms with Crippen LogP contribution in [0.5, 0.6) is 0 Å². The third-order valence-corrected chi connectivity index (χ3v) is 3.65. The van der Waals surface area contributed by atoms with Crippen molar-refractivity contribution < 1.29 is 0 Å². The minimum absolute atomic E-state index is 0.614. The maximum Gasteiger partial charge on any atom is 0.0750 e. The fraction of sp³-hybridized carbons (Fsp3) is 0.615. The highest BCUT2D eigenvalue weighted by Gasteiger charge is 2.04. The SMILES string of the molecule is CC(C)N(C)CCCCNc1c(N)cncc1Br. The molecule has 0 saturated heterocycles. The fourth-order valence-electron chi connectivity index (χ4n) is 1.59. The quantitative estimate of drug-likeness (QED) is 0.760. The lowest BCUT2D eigenvalue weighted by Gasteiger charge is -2.20. The molecule has 0 spiro atoms. The summed E-state index contributed by atoms with van der Waals surface area (Å²) in [5, 5.41) is 3.35. The van der Waals surface area contributed by atoms with Crippen LogP contribution in [0.1, 0.15) is 26.7 Å². The van der Waals surface area contributed by atoms with Crippen LogP contribution in [0, 0.1) is 0 Å². The third kappa shape index (κ3) is 4.82. The number of anilines is 2.